The summed E-state index contributed by atoms with van der Waals surface area (Å²) in [6.07, 6.45) is 1.76. The molecular formula is C20H23N3O6S. The number of carbonyl (C=O) groups is 2. The molecule has 1 atom stereocenters. The van der Waals surface area contributed by atoms with Gasteiger partial charge < -0.3 is 14.5 Å². The molecule has 0 radical (unpaired) electrons. The second kappa shape index (κ2) is 8.21. The molecule has 0 saturated carbocycles. The van der Waals surface area contributed by atoms with Crippen molar-refractivity contribution >= 4 is 27.5 Å². The van der Waals surface area contributed by atoms with E-state index in [2.05, 4.69) is 5.32 Å². The molecule has 0 bridgehead atoms. The molecule has 0 spiro atoms. The smallest absolute Gasteiger partial charge is 0.243 e. The van der Waals surface area contributed by atoms with E-state index in [0.717, 1.165) is 0 Å². The lowest BCUT2D eigenvalue weighted by molar-refractivity contribution is -0.125. The summed E-state index contributed by atoms with van der Waals surface area (Å²) in [5, 5.41) is 2.78. The Labute approximate surface area is 174 Å². The van der Waals surface area contributed by atoms with Crippen LogP contribution < -0.4 is 10.2 Å². The molecule has 2 aliphatic rings. The average Bonchev–Trinajstić information content (AvgIpc) is 3.39. The fraction of sp³-hybridized carbons (Fsp3) is 0.400. The van der Waals surface area contributed by atoms with E-state index >= 15 is 0 Å². The largest absolute Gasteiger partial charge is 0.467 e. The highest BCUT2D eigenvalue weighted by atomic mass is 32.2. The number of hydrogen-bond donors (Lipinski definition) is 1. The lowest BCUT2D eigenvalue weighted by atomic mass is 10.1. The van der Waals surface area contributed by atoms with Crippen molar-refractivity contribution in [2.45, 2.75) is 30.8 Å². The summed E-state index contributed by atoms with van der Waals surface area (Å²) in [4.78, 5) is 26.6. The van der Waals surface area contributed by atoms with Gasteiger partial charge in [0.15, 0.2) is 0 Å². The molecule has 2 aliphatic heterocycles. The summed E-state index contributed by atoms with van der Waals surface area (Å²) in [5.74, 6) is -0.00167. The maximum atomic E-state index is 13.0. The van der Waals surface area contributed by atoms with Crippen molar-refractivity contribution < 1.29 is 27.2 Å². The number of anilines is 1. The van der Waals surface area contributed by atoms with Crippen LogP contribution >= 0.6 is 0 Å². The number of morpholine rings is 1. The highest BCUT2D eigenvalue weighted by Crippen LogP contribution is 2.35. The molecule has 30 heavy (non-hydrogen) atoms. The molecule has 0 unspecified atom stereocenters. The first kappa shape index (κ1) is 20.6. The van der Waals surface area contributed by atoms with Gasteiger partial charge in [0.2, 0.25) is 21.8 Å². The Hall–Kier alpha value is -2.69. The molecule has 2 aromatic rings. The molecule has 3 heterocycles. The SMILES string of the molecule is CC(=O)N1c2ccc(S(=O)(=O)N3CCOCC3)cc2C[C@@H]1C(=O)NCc1ccco1. The van der Waals surface area contributed by atoms with Gasteiger partial charge in [-0.3, -0.25) is 14.5 Å². The summed E-state index contributed by atoms with van der Waals surface area (Å²) in [7, 11) is -3.66. The first-order chi connectivity index (χ1) is 14.4. The monoisotopic (exact) mass is 433 g/mol. The van der Waals surface area contributed by atoms with Gasteiger partial charge in [0, 0.05) is 32.1 Å². The first-order valence-electron chi connectivity index (χ1n) is 9.68. The molecule has 9 nitrogen and oxygen atoms in total. The molecule has 1 N–H and O–H groups in total. The number of rotatable bonds is 5. The molecule has 1 fully saturated rings. The van der Waals surface area contributed by atoms with Crippen molar-refractivity contribution in [2.24, 2.45) is 0 Å². The summed E-state index contributed by atoms with van der Waals surface area (Å²) < 4.78 is 37.7. The van der Waals surface area contributed by atoms with Gasteiger partial charge in [-0.15, -0.1) is 0 Å². The Morgan fingerprint density at radius 2 is 1.97 bits per heavy atom. The predicted octanol–water partition coefficient (Wildman–Crippen LogP) is 0.895. The van der Waals surface area contributed by atoms with Crippen molar-refractivity contribution in [1.82, 2.24) is 9.62 Å². The van der Waals surface area contributed by atoms with Gasteiger partial charge in [-0.05, 0) is 35.9 Å². The topological polar surface area (TPSA) is 109 Å². The zero-order chi connectivity index (χ0) is 21.3. The van der Waals surface area contributed by atoms with Gasteiger partial charge in [0.05, 0.1) is 30.9 Å². The van der Waals surface area contributed by atoms with E-state index in [1.165, 1.54) is 28.5 Å². The molecule has 160 valence electrons. The second-order valence-electron chi connectivity index (χ2n) is 7.21. The van der Waals surface area contributed by atoms with Crippen LogP contribution in [-0.2, 0) is 37.3 Å². The summed E-state index contributed by atoms with van der Waals surface area (Å²) >= 11 is 0. The number of hydrogen-bond acceptors (Lipinski definition) is 6. The van der Waals surface area contributed by atoms with Crippen LogP contribution in [0.25, 0.3) is 0 Å². The average molecular weight is 433 g/mol. The quantitative estimate of drug-likeness (QED) is 0.750. The van der Waals surface area contributed by atoms with E-state index in [1.54, 1.807) is 24.3 Å². The van der Waals surface area contributed by atoms with Crippen LogP contribution in [-0.4, -0.2) is 56.9 Å². The molecule has 10 heteroatoms. The van der Waals surface area contributed by atoms with Crippen LogP contribution in [0, 0.1) is 0 Å². The summed E-state index contributed by atoms with van der Waals surface area (Å²) in [6, 6.07) is 7.39. The van der Waals surface area contributed by atoms with Crippen molar-refractivity contribution in [3.05, 3.63) is 47.9 Å². The lowest BCUT2D eigenvalue weighted by Crippen LogP contribution is -2.47. The lowest BCUT2D eigenvalue weighted by Gasteiger charge is -2.26. The van der Waals surface area contributed by atoms with Crippen LogP contribution in [0.1, 0.15) is 18.2 Å². The minimum Gasteiger partial charge on any atom is -0.467 e. The summed E-state index contributed by atoms with van der Waals surface area (Å²) in [6.45, 7) is 2.93. The summed E-state index contributed by atoms with van der Waals surface area (Å²) in [5.41, 5.74) is 1.21. The van der Waals surface area contributed by atoms with Crippen LogP contribution in [0.4, 0.5) is 5.69 Å². The highest BCUT2D eigenvalue weighted by Gasteiger charge is 2.38. The van der Waals surface area contributed by atoms with Gasteiger partial charge in [-0.2, -0.15) is 4.31 Å². The number of carbonyl (C=O) groups excluding carboxylic acids is 2. The third-order valence-electron chi connectivity index (χ3n) is 5.30. The number of ether oxygens (including phenoxy) is 1. The normalized spacial score (nSPS) is 19.5. The number of sulfonamides is 1. The van der Waals surface area contributed by atoms with Crippen molar-refractivity contribution in [3.63, 3.8) is 0 Å². The maximum absolute atomic E-state index is 13.0. The van der Waals surface area contributed by atoms with Crippen LogP contribution in [0.5, 0.6) is 0 Å². The fourth-order valence-electron chi connectivity index (χ4n) is 3.83. The van der Waals surface area contributed by atoms with E-state index in [0.29, 0.717) is 43.3 Å². The predicted molar refractivity (Wildman–Crippen MR) is 107 cm³/mol. The minimum absolute atomic E-state index is 0.156. The van der Waals surface area contributed by atoms with Gasteiger partial charge >= 0.3 is 0 Å². The Bertz CT molecular complexity index is 1040. The van der Waals surface area contributed by atoms with Crippen LogP contribution in [0.15, 0.2) is 45.9 Å². The van der Waals surface area contributed by atoms with Gasteiger partial charge in [-0.1, -0.05) is 0 Å². The highest BCUT2D eigenvalue weighted by molar-refractivity contribution is 7.89. The van der Waals surface area contributed by atoms with Crippen molar-refractivity contribution in [3.8, 4) is 0 Å². The molecular weight excluding hydrogens is 410 g/mol. The van der Waals surface area contributed by atoms with E-state index in [9.17, 15) is 18.0 Å². The number of nitrogens with one attached hydrogen (secondary N) is 1. The van der Waals surface area contributed by atoms with E-state index < -0.39 is 16.1 Å². The zero-order valence-corrected chi connectivity index (χ0v) is 17.4. The fourth-order valence-corrected chi connectivity index (χ4v) is 5.29. The first-order valence-corrected chi connectivity index (χ1v) is 11.1. The van der Waals surface area contributed by atoms with Crippen molar-refractivity contribution in [1.29, 1.82) is 0 Å². The Morgan fingerprint density at radius 3 is 2.63 bits per heavy atom. The van der Waals surface area contributed by atoms with Crippen LogP contribution in [0.2, 0.25) is 0 Å². The zero-order valence-electron chi connectivity index (χ0n) is 16.5. The van der Waals surface area contributed by atoms with Gasteiger partial charge in [-0.25, -0.2) is 8.42 Å². The van der Waals surface area contributed by atoms with E-state index in [1.807, 2.05) is 0 Å². The molecule has 1 aromatic heterocycles. The number of fused-ring (bicyclic) bond motifs is 1. The number of furan rings is 1. The molecule has 2 amide bonds. The van der Waals surface area contributed by atoms with Gasteiger partial charge in [0.25, 0.3) is 0 Å². The van der Waals surface area contributed by atoms with E-state index in [-0.39, 0.29) is 29.7 Å². The molecule has 1 saturated heterocycles. The molecule has 4 rings (SSSR count). The molecule has 1 aromatic carbocycles. The Kier molecular flexibility index (Phi) is 5.63. The Morgan fingerprint density at radius 1 is 1.20 bits per heavy atom. The number of benzene rings is 1. The standard InChI is InChI=1S/C20H23N3O6S/c1-14(24)23-18-5-4-17(30(26,27)22-6-9-28-10-7-22)11-15(18)12-19(23)20(25)21-13-16-3-2-8-29-16/h2-5,8,11,19H,6-7,9-10,12-13H2,1H3,(H,21,25)/t19-/m1/s1. The third-order valence-corrected chi connectivity index (χ3v) is 7.20. The minimum atomic E-state index is -3.66. The Balaban J connectivity index is 1.57. The van der Waals surface area contributed by atoms with Crippen LogP contribution in [0.3, 0.4) is 0 Å². The molecule has 0 aliphatic carbocycles. The van der Waals surface area contributed by atoms with E-state index in [4.69, 9.17) is 9.15 Å². The second-order valence-corrected chi connectivity index (χ2v) is 9.15. The third kappa shape index (κ3) is 3.85. The van der Waals surface area contributed by atoms with Crippen molar-refractivity contribution in [2.75, 3.05) is 31.2 Å². The number of nitrogens with zero attached hydrogens (tertiary/aromatic N) is 2. The number of amides is 2. The van der Waals surface area contributed by atoms with Gasteiger partial charge in [0.1, 0.15) is 11.8 Å². The maximum Gasteiger partial charge on any atom is 0.243 e.